The van der Waals surface area contributed by atoms with Crippen molar-refractivity contribution < 1.29 is 24.1 Å². The number of hydrogen-bond acceptors (Lipinski definition) is 5. The minimum atomic E-state index is -0.439. The van der Waals surface area contributed by atoms with Crippen LogP contribution in [0.15, 0.2) is 36.4 Å². The van der Waals surface area contributed by atoms with Crippen molar-refractivity contribution in [2.24, 2.45) is 0 Å². The summed E-state index contributed by atoms with van der Waals surface area (Å²) in [4.78, 5) is 12.3. The molecule has 0 spiro atoms. The third-order valence-electron chi connectivity index (χ3n) is 3.71. The summed E-state index contributed by atoms with van der Waals surface area (Å²) in [7, 11) is 3.01. The molecule has 0 saturated heterocycles. The number of phenols is 1. The van der Waals surface area contributed by atoms with Crippen molar-refractivity contribution in [1.29, 1.82) is 0 Å². The fraction of sp³-hybridized carbons (Fsp3) is 0.235. The van der Waals surface area contributed by atoms with Gasteiger partial charge in [-0.25, -0.2) is 0 Å². The first kappa shape index (κ1) is 14.3. The standard InChI is InChI=1S/C17H16O5/c1-20-14-5-3-4-11-13(19)9-15(22-17(11)14)10-6-7-12(18)16(8-10)21-2/h3-8,15,18H,9H2,1-2H3. The fourth-order valence-corrected chi connectivity index (χ4v) is 2.56. The van der Waals surface area contributed by atoms with Crippen LogP contribution in [-0.4, -0.2) is 25.1 Å². The molecule has 0 aromatic heterocycles. The quantitative estimate of drug-likeness (QED) is 0.943. The molecule has 2 aromatic carbocycles. The van der Waals surface area contributed by atoms with Crippen molar-refractivity contribution in [3.63, 3.8) is 0 Å². The van der Waals surface area contributed by atoms with Crippen molar-refractivity contribution in [2.45, 2.75) is 12.5 Å². The van der Waals surface area contributed by atoms with Crippen LogP contribution in [0.1, 0.15) is 28.4 Å². The van der Waals surface area contributed by atoms with Crippen LogP contribution in [-0.2, 0) is 0 Å². The molecule has 0 amide bonds. The number of ether oxygens (including phenoxy) is 3. The topological polar surface area (TPSA) is 65.0 Å². The minimum absolute atomic E-state index is 0.00260. The van der Waals surface area contributed by atoms with Gasteiger partial charge in [-0.3, -0.25) is 4.79 Å². The molecule has 3 rings (SSSR count). The Morgan fingerprint density at radius 3 is 2.64 bits per heavy atom. The lowest BCUT2D eigenvalue weighted by Gasteiger charge is -2.27. The monoisotopic (exact) mass is 300 g/mol. The fourth-order valence-electron chi connectivity index (χ4n) is 2.56. The Labute approximate surface area is 128 Å². The summed E-state index contributed by atoms with van der Waals surface area (Å²) in [6, 6.07) is 10.2. The molecule has 1 aliphatic rings. The number of aromatic hydroxyl groups is 1. The van der Waals surface area contributed by atoms with E-state index in [0.29, 0.717) is 22.8 Å². The molecule has 5 nitrogen and oxygen atoms in total. The maximum Gasteiger partial charge on any atom is 0.172 e. The van der Waals surface area contributed by atoms with Gasteiger partial charge in [0, 0.05) is 0 Å². The van der Waals surface area contributed by atoms with Gasteiger partial charge in [-0.05, 0) is 29.8 Å². The Bertz CT molecular complexity index is 723. The highest BCUT2D eigenvalue weighted by atomic mass is 16.5. The number of methoxy groups -OCH3 is 2. The van der Waals surface area contributed by atoms with Crippen LogP contribution in [0, 0.1) is 0 Å². The van der Waals surface area contributed by atoms with Crippen molar-refractivity contribution in [3.05, 3.63) is 47.5 Å². The molecule has 0 bridgehead atoms. The van der Waals surface area contributed by atoms with Gasteiger partial charge in [0.2, 0.25) is 0 Å². The first-order valence-electron chi connectivity index (χ1n) is 6.87. The van der Waals surface area contributed by atoms with Gasteiger partial charge in [-0.2, -0.15) is 0 Å². The lowest BCUT2D eigenvalue weighted by atomic mass is 9.96. The Balaban J connectivity index is 2.00. The second-order valence-corrected chi connectivity index (χ2v) is 5.00. The van der Waals surface area contributed by atoms with Gasteiger partial charge >= 0.3 is 0 Å². The molecule has 1 atom stereocenters. The molecule has 0 radical (unpaired) electrons. The summed E-state index contributed by atoms with van der Waals surface area (Å²) in [5, 5.41) is 9.67. The largest absolute Gasteiger partial charge is 0.504 e. The number of para-hydroxylation sites is 1. The van der Waals surface area contributed by atoms with Gasteiger partial charge in [0.15, 0.2) is 28.8 Å². The second kappa shape index (κ2) is 5.60. The zero-order valence-electron chi connectivity index (χ0n) is 12.3. The van der Waals surface area contributed by atoms with Crippen molar-refractivity contribution in [2.75, 3.05) is 14.2 Å². The van der Waals surface area contributed by atoms with Gasteiger partial charge in [0.25, 0.3) is 0 Å². The third kappa shape index (κ3) is 2.35. The van der Waals surface area contributed by atoms with E-state index in [-0.39, 0.29) is 18.0 Å². The van der Waals surface area contributed by atoms with E-state index in [1.165, 1.54) is 20.3 Å². The Morgan fingerprint density at radius 2 is 1.91 bits per heavy atom. The van der Waals surface area contributed by atoms with E-state index in [4.69, 9.17) is 14.2 Å². The Morgan fingerprint density at radius 1 is 1.14 bits per heavy atom. The van der Waals surface area contributed by atoms with Crippen LogP contribution in [0.3, 0.4) is 0 Å². The molecule has 1 N–H and O–H groups in total. The number of carbonyl (C=O) groups excluding carboxylic acids is 1. The lowest BCUT2D eigenvalue weighted by Crippen LogP contribution is -2.20. The average Bonchev–Trinajstić information content (AvgIpc) is 2.54. The van der Waals surface area contributed by atoms with Gasteiger partial charge in [0.1, 0.15) is 6.10 Å². The van der Waals surface area contributed by atoms with E-state index < -0.39 is 6.10 Å². The first-order chi connectivity index (χ1) is 10.6. The number of hydrogen-bond donors (Lipinski definition) is 1. The number of rotatable bonds is 3. The van der Waals surface area contributed by atoms with Crippen molar-refractivity contribution in [3.8, 4) is 23.0 Å². The summed E-state index contributed by atoms with van der Waals surface area (Å²) < 4.78 is 16.3. The summed E-state index contributed by atoms with van der Waals surface area (Å²) in [6.07, 6.45) is -0.209. The predicted octanol–water partition coefficient (Wildman–Crippen LogP) is 3.12. The van der Waals surface area contributed by atoms with Crippen LogP contribution >= 0.6 is 0 Å². The Hall–Kier alpha value is -2.69. The average molecular weight is 300 g/mol. The molecule has 2 aromatic rings. The molecule has 22 heavy (non-hydrogen) atoms. The molecule has 0 aliphatic carbocycles. The molecule has 0 saturated carbocycles. The zero-order chi connectivity index (χ0) is 15.7. The van der Waals surface area contributed by atoms with E-state index in [1.54, 1.807) is 30.3 Å². The van der Waals surface area contributed by atoms with Crippen LogP contribution in [0.25, 0.3) is 0 Å². The molecular weight excluding hydrogens is 284 g/mol. The number of phenolic OH excluding ortho intramolecular Hbond substituents is 1. The molecule has 1 unspecified atom stereocenters. The molecular formula is C17H16O5. The van der Waals surface area contributed by atoms with Gasteiger partial charge in [-0.15, -0.1) is 0 Å². The third-order valence-corrected chi connectivity index (χ3v) is 3.71. The van der Waals surface area contributed by atoms with Gasteiger partial charge < -0.3 is 19.3 Å². The van der Waals surface area contributed by atoms with Crippen LogP contribution in [0.2, 0.25) is 0 Å². The van der Waals surface area contributed by atoms with Crippen LogP contribution in [0.4, 0.5) is 0 Å². The first-order valence-corrected chi connectivity index (χ1v) is 6.87. The zero-order valence-corrected chi connectivity index (χ0v) is 12.3. The maximum absolute atomic E-state index is 12.3. The molecule has 0 fully saturated rings. The molecule has 1 heterocycles. The maximum atomic E-state index is 12.3. The second-order valence-electron chi connectivity index (χ2n) is 5.00. The predicted molar refractivity (Wildman–Crippen MR) is 80.0 cm³/mol. The highest BCUT2D eigenvalue weighted by Crippen LogP contribution is 2.42. The SMILES string of the molecule is COc1cc(C2CC(=O)c3cccc(OC)c3O2)ccc1O. The molecule has 1 aliphatic heterocycles. The van der Waals surface area contributed by atoms with E-state index in [1.807, 2.05) is 0 Å². The van der Waals surface area contributed by atoms with Crippen LogP contribution < -0.4 is 14.2 Å². The summed E-state index contributed by atoms with van der Waals surface area (Å²) in [6.45, 7) is 0. The normalized spacial score (nSPS) is 16.6. The Kier molecular flexibility index (Phi) is 3.63. The smallest absolute Gasteiger partial charge is 0.172 e. The van der Waals surface area contributed by atoms with Crippen molar-refractivity contribution in [1.82, 2.24) is 0 Å². The molecule has 5 heteroatoms. The minimum Gasteiger partial charge on any atom is -0.504 e. The lowest BCUT2D eigenvalue weighted by molar-refractivity contribution is 0.0842. The van der Waals surface area contributed by atoms with Crippen molar-refractivity contribution >= 4 is 5.78 Å². The van der Waals surface area contributed by atoms with E-state index in [0.717, 1.165) is 5.56 Å². The number of benzene rings is 2. The molecule has 114 valence electrons. The van der Waals surface area contributed by atoms with Gasteiger partial charge in [0.05, 0.1) is 26.2 Å². The summed E-state index contributed by atoms with van der Waals surface area (Å²) in [5.41, 5.74) is 1.29. The van der Waals surface area contributed by atoms with E-state index in [9.17, 15) is 9.90 Å². The highest BCUT2D eigenvalue weighted by molar-refractivity contribution is 6.00. The summed E-state index contributed by atoms with van der Waals surface area (Å²) >= 11 is 0. The number of fused-ring (bicyclic) bond motifs is 1. The number of carbonyl (C=O) groups is 1. The highest BCUT2D eigenvalue weighted by Gasteiger charge is 2.30. The number of Topliss-reactive ketones (excluding diaryl/α,β-unsaturated/α-hetero) is 1. The van der Waals surface area contributed by atoms with E-state index in [2.05, 4.69) is 0 Å². The van der Waals surface area contributed by atoms with Crippen LogP contribution in [0.5, 0.6) is 23.0 Å². The van der Waals surface area contributed by atoms with E-state index >= 15 is 0 Å². The van der Waals surface area contributed by atoms with Gasteiger partial charge in [-0.1, -0.05) is 12.1 Å². The number of ketones is 1. The summed E-state index contributed by atoms with van der Waals surface area (Å²) in [5.74, 6) is 1.38.